The number of imide groups is 1. The number of nitrogens with zero attached hydrogens (tertiary/aromatic N) is 1. The Labute approximate surface area is 192 Å². The van der Waals surface area contributed by atoms with Crippen molar-refractivity contribution in [2.45, 2.75) is 32.6 Å². The molecular formula is C27H25NO3S. The summed E-state index contributed by atoms with van der Waals surface area (Å²) < 4.78 is 5.69. The van der Waals surface area contributed by atoms with E-state index in [9.17, 15) is 9.59 Å². The van der Waals surface area contributed by atoms with Crippen LogP contribution in [0.15, 0.2) is 83.8 Å². The van der Waals surface area contributed by atoms with Gasteiger partial charge in [-0.2, -0.15) is 0 Å². The fourth-order valence-corrected chi connectivity index (χ4v) is 4.60. The number of amides is 2. The second-order valence-electron chi connectivity index (χ2n) is 7.95. The number of thioether (sulfide) groups is 1. The molecule has 0 fully saturated rings. The van der Waals surface area contributed by atoms with E-state index in [1.807, 2.05) is 75.4 Å². The Hall–Kier alpha value is -3.31. The van der Waals surface area contributed by atoms with Gasteiger partial charge in [0.2, 0.25) is 0 Å². The molecule has 0 N–H and O–H groups in total. The fraction of sp³-hybridized carbons (Fsp3) is 0.185. The minimum Gasteiger partial charge on any atom is -0.491 e. The zero-order valence-electron chi connectivity index (χ0n) is 18.4. The number of carbonyl (C=O) groups is 2. The van der Waals surface area contributed by atoms with Crippen molar-refractivity contribution in [2.24, 2.45) is 0 Å². The Morgan fingerprint density at radius 1 is 0.844 bits per heavy atom. The summed E-state index contributed by atoms with van der Waals surface area (Å²) in [6, 6.07) is 24.8. The molecule has 162 valence electrons. The van der Waals surface area contributed by atoms with Crippen LogP contribution in [-0.4, -0.2) is 17.9 Å². The minimum atomic E-state index is -0.299. The van der Waals surface area contributed by atoms with Gasteiger partial charge < -0.3 is 4.74 Å². The maximum atomic E-state index is 13.5. The molecule has 0 aromatic heterocycles. The quantitative estimate of drug-likeness (QED) is 0.420. The summed E-state index contributed by atoms with van der Waals surface area (Å²) in [6.07, 6.45) is 0.0479. The van der Waals surface area contributed by atoms with Crippen molar-refractivity contribution in [3.8, 4) is 5.75 Å². The molecule has 0 unspecified atom stereocenters. The average molecular weight is 444 g/mol. The Balaban J connectivity index is 1.68. The van der Waals surface area contributed by atoms with Crippen LogP contribution < -0.4 is 9.64 Å². The predicted molar refractivity (Wildman–Crippen MR) is 131 cm³/mol. The highest BCUT2D eigenvalue weighted by Gasteiger charge is 2.40. The van der Waals surface area contributed by atoms with Gasteiger partial charge in [-0.15, -0.1) is 11.8 Å². The van der Waals surface area contributed by atoms with E-state index in [0.29, 0.717) is 27.7 Å². The Bertz CT molecular complexity index is 1150. The molecule has 0 aliphatic carbocycles. The first-order chi connectivity index (χ1) is 15.4. The van der Waals surface area contributed by atoms with Gasteiger partial charge in [-0.1, -0.05) is 60.2 Å². The van der Waals surface area contributed by atoms with Gasteiger partial charge in [-0.3, -0.25) is 9.59 Å². The van der Waals surface area contributed by atoms with Crippen LogP contribution in [0.3, 0.4) is 0 Å². The smallest absolute Gasteiger partial charge is 0.272 e. The summed E-state index contributed by atoms with van der Waals surface area (Å²) in [6.45, 7) is 5.91. The molecule has 0 radical (unpaired) electrons. The Morgan fingerprint density at radius 2 is 1.50 bits per heavy atom. The fourth-order valence-electron chi connectivity index (χ4n) is 3.53. The van der Waals surface area contributed by atoms with Crippen molar-refractivity contribution in [2.75, 3.05) is 4.90 Å². The highest BCUT2D eigenvalue weighted by molar-refractivity contribution is 8.03. The van der Waals surface area contributed by atoms with E-state index in [1.54, 1.807) is 24.3 Å². The lowest BCUT2D eigenvalue weighted by Gasteiger charge is -2.16. The highest BCUT2D eigenvalue weighted by Crippen LogP contribution is 2.40. The topological polar surface area (TPSA) is 46.6 Å². The maximum Gasteiger partial charge on any atom is 0.272 e. The summed E-state index contributed by atoms with van der Waals surface area (Å²) in [7, 11) is 0. The maximum absolute atomic E-state index is 13.5. The largest absolute Gasteiger partial charge is 0.491 e. The number of hydrogen-bond acceptors (Lipinski definition) is 4. The van der Waals surface area contributed by atoms with Gasteiger partial charge in [-0.05, 0) is 56.2 Å². The van der Waals surface area contributed by atoms with Gasteiger partial charge in [-0.25, -0.2) is 4.90 Å². The first kappa shape index (κ1) is 21.9. The second-order valence-corrected chi connectivity index (χ2v) is 8.94. The van der Waals surface area contributed by atoms with Crippen LogP contribution in [-0.2, 0) is 15.3 Å². The molecule has 2 amide bonds. The number of rotatable bonds is 7. The van der Waals surface area contributed by atoms with Gasteiger partial charge in [0.05, 0.1) is 22.3 Å². The van der Waals surface area contributed by atoms with Crippen LogP contribution in [0, 0.1) is 6.92 Å². The summed E-state index contributed by atoms with van der Waals surface area (Å²) in [4.78, 5) is 28.7. The SMILES string of the molecule is Cc1ccc(C2=C(SCc3ccccc3)C(=O)N(c3ccc(OC(C)C)cc3)C2=O)cc1. The molecule has 0 saturated heterocycles. The molecule has 1 aliphatic rings. The van der Waals surface area contributed by atoms with E-state index in [-0.39, 0.29) is 17.9 Å². The van der Waals surface area contributed by atoms with Gasteiger partial charge in [0.25, 0.3) is 11.8 Å². The van der Waals surface area contributed by atoms with Crippen molar-refractivity contribution in [1.82, 2.24) is 0 Å². The second kappa shape index (κ2) is 9.45. The first-order valence-corrected chi connectivity index (χ1v) is 11.6. The zero-order valence-corrected chi connectivity index (χ0v) is 19.2. The van der Waals surface area contributed by atoms with Crippen molar-refractivity contribution < 1.29 is 14.3 Å². The lowest BCUT2D eigenvalue weighted by Crippen LogP contribution is -2.31. The molecule has 0 atom stereocenters. The Morgan fingerprint density at radius 3 is 2.12 bits per heavy atom. The molecule has 1 heterocycles. The molecule has 5 heteroatoms. The van der Waals surface area contributed by atoms with E-state index >= 15 is 0 Å². The molecule has 1 aliphatic heterocycles. The first-order valence-electron chi connectivity index (χ1n) is 10.6. The lowest BCUT2D eigenvalue weighted by molar-refractivity contribution is -0.119. The molecule has 3 aromatic carbocycles. The van der Waals surface area contributed by atoms with Gasteiger partial charge in [0.1, 0.15) is 5.75 Å². The zero-order chi connectivity index (χ0) is 22.7. The monoisotopic (exact) mass is 443 g/mol. The third-order valence-corrected chi connectivity index (χ3v) is 6.22. The number of aryl methyl sites for hydroxylation is 1. The van der Waals surface area contributed by atoms with E-state index in [1.165, 1.54) is 16.7 Å². The summed E-state index contributed by atoms with van der Waals surface area (Å²) in [5.74, 6) is 0.726. The lowest BCUT2D eigenvalue weighted by atomic mass is 10.0. The summed E-state index contributed by atoms with van der Waals surface area (Å²) >= 11 is 1.41. The van der Waals surface area contributed by atoms with E-state index < -0.39 is 0 Å². The number of carbonyl (C=O) groups excluding carboxylic acids is 2. The third-order valence-electron chi connectivity index (χ3n) is 5.07. The molecule has 0 bridgehead atoms. The third kappa shape index (κ3) is 4.63. The van der Waals surface area contributed by atoms with Crippen LogP contribution in [0.4, 0.5) is 5.69 Å². The van der Waals surface area contributed by atoms with Crippen molar-refractivity contribution in [3.05, 3.63) is 100 Å². The molecule has 0 spiro atoms. The van der Waals surface area contributed by atoms with E-state index in [2.05, 4.69) is 0 Å². The van der Waals surface area contributed by atoms with Gasteiger partial charge in [0, 0.05) is 5.75 Å². The molecule has 0 saturated carbocycles. The van der Waals surface area contributed by atoms with E-state index in [4.69, 9.17) is 4.74 Å². The number of ether oxygens (including phenoxy) is 1. The number of hydrogen-bond donors (Lipinski definition) is 0. The summed E-state index contributed by atoms with van der Waals surface area (Å²) in [5.41, 5.74) is 3.95. The van der Waals surface area contributed by atoms with Crippen molar-refractivity contribution in [3.63, 3.8) is 0 Å². The number of anilines is 1. The summed E-state index contributed by atoms with van der Waals surface area (Å²) in [5, 5.41) is 0. The van der Waals surface area contributed by atoms with Crippen LogP contribution in [0.5, 0.6) is 5.75 Å². The Kier molecular flexibility index (Phi) is 6.47. The normalized spacial score (nSPS) is 13.9. The molecule has 32 heavy (non-hydrogen) atoms. The standard InChI is InChI=1S/C27H25NO3S/c1-18(2)31-23-15-13-22(14-16-23)28-26(29)24(21-11-9-19(3)10-12-21)25(27(28)30)32-17-20-7-5-4-6-8-20/h4-16,18H,17H2,1-3H3. The van der Waals surface area contributed by atoms with Crippen molar-refractivity contribution in [1.29, 1.82) is 0 Å². The highest BCUT2D eigenvalue weighted by atomic mass is 32.2. The average Bonchev–Trinajstić information content (AvgIpc) is 3.03. The van der Waals surface area contributed by atoms with Gasteiger partial charge in [0.15, 0.2) is 0 Å². The molecule has 4 nitrogen and oxygen atoms in total. The van der Waals surface area contributed by atoms with Gasteiger partial charge >= 0.3 is 0 Å². The molecule has 3 aromatic rings. The van der Waals surface area contributed by atoms with Crippen LogP contribution in [0.25, 0.3) is 5.57 Å². The van der Waals surface area contributed by atoms with Crippen LogP contribution in [0.1, 0.15) is 30.5 Å². The van der Waals surface area contributed by atoms with Crippen LogP contribution in [0.2, 0.25) is 0 Å². The molecular weight excluding hydrogens is 418 g/mol. The van der Waals surface area contributed by atoms with E-state index in [0.717, 1.165) is 16.7 Å². The molecule has 4 rings (SSSR count). The predicted octanol–water partition coefficient (Wildman–Crippen LogP) is 6.00. The van der Waals surface area contributed by atoms with Crippen LogP contribution >= 0.6 is 11.8 Å². The van der Waals surface area contributed by atoms with Crippen molar-refractivity contribution >= 4 is 34.8 Å². The minimum absolute atomic E-state index is 0.0479. The number of benzene rings is 3.